The Kier molecular flexibility index (Phi) is 4.57. The Morgan fingerprint density at radius 1 is 1.35 bits per heavy atom. The SMILES string of the molecule is CCc1nc(C2CCCC(CC)C2)sc1CN. The highest BCUT2D eigenvalue weighted by molar-refractivity contribution is 7.11. The van der Waals surface area contributed by atoms with Gasteiger partial charge in [0.2, 0.25) is 0 Å². The van der Waals surface area contributed by atoms with Crippen molar-refractivity contribution in [3.63, 3.8) is 0 Å². The van der Waals surface area contributed by atoms with Crippen LogP contribution in [0.2, 0.25) is 0 Å². The highest BCUT2D eigenvalue weighted by Crippen LogP contribution is 2.39. The maximum atomic E-state index is 5.79. The average Bonchev–Trinajstić information content (AvgIpc) is 2.82. The van der Waals surface area contributed by atoms with E-state index in [4.69, 9.17) is 10.7 Å². The number of aryl methyl sites for hydroxylation is 1. The third kappa shape index (κ3) is 2.89. The van der Waals surface area contributed by atoms with Gasteiger partial charge in [-0.2, -0.15) is 0 Å². The molecule has 2 N–H and O–H groups in total. The Morgan fingerprint density at radius 3 is 2.76 bits per heavy atom. The molecule has 1 heterocycles. The van der Waals surface area contributed by atoms with Crippen molar-refractivity contribution in [3.05, 3.63) is 15.6 Å². The van der Waals surface area contributed by atoms with Crippen molar-refractivity contribution in [2.75, 3.05) is 0 Å². The van der Waals surface area contributed by atoms with Gasteiger partial charge in [0.15, 0.2) is 0 Å². The Morgan fingerprint density at radius 2 is 2.18 bits per heavy atom. The lowest BCUT2D eigenvalue weighted by atomic mass is 9.80. The molecular formula is C14H24N2S. The lowest BCUT2D eigenvalue weighted by Crippen LogP contribution is -2.13. The second kappa shape index (κ2) is 5.96. The summed E-state index contributed by atoms with van der Waals surface area (Å²) in [6.07, 6.45) is 7.82. The van der Waals surface area contributed by atoms with Crippen molar-refractivity contribution in [1.82, 2.24) is 4.98 Å². The van der Waals surface area contributed by atoms with Gasteiger partial charge in [0.25, 0.3) is 0 Å². The number of thiazole rings is 1. The Hall–Kier alpha value is -0.410. The number of nitrogens with two attached hydrogens (primary N) is 1. The monoisotopic (exact) mass is 252 g/mol. The van der Waals surface area contributed by atoms with Crippen LogP contribution >= 0.6 is 11.3 Å². The molecule has 3 heteroatoms. The van der Waals surface area contributed by atoms with Crippen LogP contribution in [0.15, 0.2) is 0 Å². The van der Waals surface area contributed by atoms with Gasteiger partial charge in [-0.25, -0.2) is 4.98 Å². The number of aromatic nitrogens is 1. The van der Waals surface area contributed by atoms with Crippen LogP contribution in [0, 0.1) is 5.92 Å². The van der Waals surface area contributed by atoms with E-state index >= 15 is 0 Å². The van der Waals surface area contributed by atoms with Crippen LogP contribution in [-0.4, -0.2) is 4.98 Å². The van der Waals surface area contributed by atoms with Gasteiger partial charge in [-0.1, -0.05) is 33.1 Å². The molecule has 0 aromatic carbocycles. The normalized spacial score (nSPS) is 25.1. The number of hydrogen-bond acceptors (Lipinski definition) is 3. The second-order valence-corrected chi connectivity index (χ2v) is 6.23. The molecule has 96 valence electrons. The zero-order chi connectivity index (χ0) is 12.3. The van der Waals surface area contributed by atoms with Gasteiger partial charge in [-0.15, -0.1) is 11.3 Å². The predicted octanol–water partition coefficient (Wildman–Crippen LogP) is 3.85. The largest absolute Gasteiger partial charge is 0.326 e. The summed E-state index contributed by atoms with van der Waals surface area (Å²) in [6.45, 7) is 5.15. The van der Waals surface area contributed by atoms with Crippen LogP contribution in [0.3, 0.4) is 0 Å². The minimum Gasteiger partial charge on any atom is -0.326 e. The maximum absolute atomic E-state index is 5.79. The van der Waals surface area contributed by atoms with Gasteiger partial charge in [0.1, 0.15) is 0 Å². The van der Waals surface area contributed by atoms with E-state index in [1.807, 2.05) is 11.3 Å². The molecule has 0 bridgehead atoms. The molecule has 2 rings (SSSR count). The van der Waals surface area contributed by atoms with Gasteiger partial charge in [0, 0.05) is 17.3 Å². The molecule has 1 aromatic rings. The van der Waals surface area contributed by atoms with Crippen LogP contribution < -0.4 is 5.73 Å². The van der Waals surface area contributed by atoms with Gasteiger partial charge in [-0.05, 0) is 25.2 Å². The zero-order valence-corrected chi connectivity index (χ0v) is 11.9. The lowest BCUT2D eigenvalue weighted by molar-refractivity contribution is 0.314. The molecule has 1 fully saturated rings. The first-order valence-electron chi connectivity index (χ1n) is 6.96. The topological polar surface area (TPSA) is 38.9 Å². The first-order valence-corrected chi connectivity index (χ1v) is 7.78. The average molecular weight is 252 g/mol. The molecule has 0 aliphatic heterocycles. The van der Waals surface area contributed by atoms with E-state index in [0.717, 1.165) is 12.3 Å². The smallest absolute Gasteiger partial charge is 0.0962 e. The Balaban J connectivity index is 2.13. The first-order chi connectivity index (χ1) is 8.28. The van der Waals surface area contributed by atoms with Gasteiger partial charge < -0.3 is 5.73 Å². The Labute approximate surface area is 109 Å². The minimum atomic E-state index is 0.658. The van der Waals surface area contributed by atoms with E-state index in [9.17, 15) is 0 Å². The third-order valence-electron chi connectivity index (χ3n) is 4.02. The molecule has 2 unspecified atom stereocenters. The minimum absolute atomic E-state index is 0.658. The summed E-state index contributed by atoms with van der Waals surface area (Å²) in [5.74, 6) is 1.63. The van der Waals surface area contributed by atoms with Gasteiger partial charge >= 0.3 is 0 Å². The molecule has 17 heavy (non-hydrogen) atoms. The third-order valence-corrected chi connectivity index (χ3v) is 5.31. The fraction of sp³-hybridized carbons (Fsp3) is 0.786. The summed E-state index contributed by atoms with van der Waals surface area (Å²) in [5, 5.41) is 1.36. The van der Waals surface area contributed by atoms with Crippen molar-refractivity contribution < 1.29 is 0 Å². The lowest BCUT2D eigenvalue weighted by Gasteiger charge is -2.26. The summed E-state index contributed by atoms with van der Waals surface area (Å²) >= 11 is 1.87. The molecule has 1 saturated carbocycles. The van der Waals surface area contributed by atoms with E-state index in [1.165, 1.54) is 47.7 Å². The molecular weight excluding hydrogens is 228 g/mol. The van der Waals surface area contributed by atoms with Crippen molar-refractivity contribution in [1.29, 1.82) is 0 Å². The van der Waals surface area contributed by atoms with Crippen LogP contribution in [0.1, 0.15) is 67.4 Å². The van der Waals surface area contributed by atoms with Crippen molar-refractivity contribution >= 4 is 11.3 Å². The number of rotatable bonds is 4. The van der Waals surface area contributed by atoms with Gasteiger partial charge in [0.05, 0.1) is 10.7 Å². The standard InChI is InChI=1S/C14H24N2S/c1-3-10-6-5-7-11(8-10)14-16-12(4-2)13(9-15)17-14/h10-11H,3-9,15H2,1-2H3. The molecule has 1 aromatic heterocycles. The first kappa shape index (κ1) is 13.0. The molecule has 2 nitrogen and oxygen atoms in total. The summed E-state index contributed by atoms with van der Waals surface area (Å²) in [4.78, 5) is 6.14. The van der Waals surface area contributed by atoms with Gasteiger partial charge in [-0.3, -0.25) is 0 Å². The Bertz CT molecular complexity index is 338. The number of nitrogens with zero attached hydrogens (tertiary/aromatic N) is 1. The van der Waals surface area contributed by atoms with Crippen LogP contribution in [-0.2, 0) is 13.0 Å². The molecule has 1 aliphatic rings. The molecule has 1 aliphatic carbocycles. The van der Waals surface area contributed by atoms with E-state index in [-0.39, 0.29) is 0 Å². The molecule has 0 saturated heterocycles. The van der Waals surface area contributed by atoms with E-state index < -0.39 is 0 Å². The second-order valence-electron chi connectivity index (χ2n) is 5.12. The molecule has 0 spiro atoms. The number of hydrogen-bond donors (Lipinski definition) is 1. The fourth-order valence-corrected chi connectivity index (χ4v) is 4.08. The highest BCUT2D eigenvalue weighted by Gasteiger charge is 2.25. The fourth-order valence-electron chi connectivity index (χ4n) is 2.90. The van der Waals surface area contributed by atoms with Crippen molar-refractivity contribution in [2.45, 2.75) is 64.8 Å². The van der Waals surface area contributed by atoms with E-state index in [1.54, 1.807) is 0 Å². The van der Waals surface area contributed by atoms with Crippen molar-refractivity contribution in [3.8, 4) is 0 Å². The predicted molar refractivity (Wildman–Crippen MR) is 74.4 cm³/mol. The summed E-state index contributed by atoms with van der Waals surface area (Å²) < 4.78 is 0. The zero-order valence-electron chi connectivity index (χ0n) is 11.0. The summed E-state index contributed by atoms with van der Waals surface area (Å²) in [5.41, 5.74) is 7.03. The van der Waals surface area contributed by atoms with Crippen molar-refractivity contribution in [2.24, 2.45) is 11.7 Å². The van der Waals surface area contributed by atoms with Crippen LogP contribution in [0.5, 0.6) is 0 Å². The molecule has 2 atom stereocenters. The maximum Gasteiger partial charge on any atom is 0.0962 e. The summed E-state index contributed by atoms with van der Waals surface area (Å²) in [6, 6.07) is 0. The molecule has 0 radical (unpaired) electrons. The highest BCUT2D eigenvalue weighted by atomic mass is 32.1. The van der Waals surface area contributed by atoms with Crippen LogP contribution in [0.25, 0.3) is 0 Å². The quantitative estimate of drug-likeness (QED) is 0.884. The van der Waals surface area contributed by atoms with E-state index in [0.29, 0.717) is 12.5 Å². The van der Waals surface area contributed by atoms with Crippen LogP contribution in [0.4, 0.5) is 0 Å². The summed E-state index contributed by atoms with van der Waals surface area (Å²) in [7, 11) is 0. The molecule has 0 amide bonds. The van der Waals surface area contributed by atoms with E-state index in [2.05, 4.69) is 13.8 Å².